The zero-order valence-corrected chi connectivity index (χ0v) is 14.2. The Bertz CT molecular complexity index is 990. The van der Waals surface area contributed by atoms with Crippen molar-refractivity contribution in [3.63, 3.8) is 0 Å². The fourth-order valence-corrected chi connectivity index (χ4v) is 2.84. The number of aromatic amines is 1. The van der Waals surface area contributed by atoms with Crippen molar-refractivity contribution in [2.75, 3.05) is 0 Å². The minimum Gasteiger partial charge on any atom is -0.342 e. The number of amides is 1. The lowest BCUT2D eigenvalue weighted by molar-refractivity contribution is 0.0924. The predicted octanol–water partition coefficient (Wildman–Crippen LogP) is 2.53. The van der Waals surface area contributed by atoms with Gasteiger partial charge in [0.1, 0.15) is 11.6 Å². The summed E-state index contributed by atoms with van der Waals surface area (Å²) in [4.78, 5) is 31.6. The smallest absolute Gasteiger partial charge is 0.252 e. The number of pyridine rings is 1. The third-order valence-corrected chi connectivity index (χ3v) is 4.14. The van der Waals surface area contributed by atoms with Crippen LogP contribution in [-0.2, 0) is 7.05 Å². The molecule has 0 aliphatic rings. The molecule has 1 aromatic carbocycles. The molecule has 7 heteroatoms. The van der Waals surface area contributed by atoms with E-state index in [0.29, 0.717) is 16.7 Å². The number of halogens is 1. The highest BCUT2D eigenvalue weighted by Crippen LogP contribution is 2.22. The Morgan fingerprint density at radius 1 is 1.32 bits per heavy atom. The van der Waals surface area contributed by atoms with Crippen LogP contribution in [0.4, 0.5) is 4.39 Å². The fourth-order valence-electron chi connectivity index (χ4n) is 2.84. The third-order valence-electron chi connectivity index (χ3n) is 4.14. The first kappa shape index (κ1) is 16.9. The van der Waals surface area contributed by atoms with Gasteiger partial charge in [0.2, 0.25) is 5.56 Å². The molecule has 3 aromatic rings. The summed E-state index contributed by atoms with van der Waals surface area (Å²) in [5, 5.41) is 3.28. The van der Waals surface area contributed by atoms with Gasteiger partial charge in [0.25, 0.3) is 5.91 Å². The number of carbonyl (C=O) groups excluding carboxylic acids is 1. The van der Waals surface area contributed by atoms with Crippen LogP contribution in [0.3, 0.4) is 0 Å². The average molecular weight is 342 g/mol. The van der Waals surface area contributed by atoms with Crippen molar-refractivity contribution < 1.29 is 9.18 Å². The summed E-state index contributed by atoms with van der Waals surface area (Å²) in [6.07, 6.45) is 3.46. The number of nitrogens with zero attached hydrogens (tertiary/aromatic N) is 2. The van der Waals surface area contributed by atoms with Gasteiger partial charge in [0.15, 0.2) is 0 Å². The molecule has 3 rings (SSSR count). The number of benzene rings is 1. The normalized spacial score (nSPS) is 12.5. The first-order valence-electron chi connectivity index (χ1n) is 7.97. The molecule has 1 atom stereocenters. The number of fused-ring (bicyclic) bond motifs is 1. The van der Waals surface area contributed by atoms with E-state index in [1.807, 2.05) is 25.5 Å². The molecule has 6 nitrogen and oxygen atoms in total. The second-order valence-corrected chi connectivity index (χ2v) is 6.33. The second-order valence-electron chi connectivity index (χ2n) is 6.33. The number of carbonyl (C=O) groups is 1. The van der Waals surface area contributed by atoms with Crippen molar-refractivity contribution in [3.8, 4) is 0 Å². The van der Waals surface area contributed by atoms with Crippen LogP contribution in [0.25, 0.3) is 10.9 Å². The Morgan fingerprint density at radius 3 is 2.72 bits per heavy atom. The van der Waals surface area contributed by atoms with Crippen LogP contribution in [-0.4, -0.2) is 20.4 Å². The zero-order chi connectivity index (χ0) is 18.1. The van der Waals surface area contributed by atoms with Gasteiger partial charge in [-0.2, -0.15) is 0 Å². The molecular formula is C18H19FN4O2. The summed E-state index contributed by atoms with van der Waals surface area (Å²) in [5.41, 5.74) is 0.137. The Balaban J connectivity index is 2.03. The summed E-state index contributed by atoms with van der Waals surface area (Å²) in [7, 11) is 1.85. The van der Waals surface area contributed by atoms with Crippen LogP contribution < -0.4 is 10.9 Å². The molecule has 0 radical (unpaired) electrons. The molecule has 2 aromatic heterocycles. The van der Waals surface area contributed by atoms with Crippen molar-refractivity contribution in [2.24, 2.45) is 13.0 Å². The maximum absolute atomic E-state index is 13.6. The number of hydrogen-bond donors (Lipinski definition) is 2. The minimum absolute atomic E-state index is 0.0787. The SMILES string of the molecule is CC(C)[C@H](NC(=O)c1cc(=O)[nH]c2ccc(F)cc12)c1nccn1C. The van der Waals surface area contributed by atoms with Gasteiger partial charge in [-0.25, -0.2) is 9.37 Å². The highest BCUT2D eigenvalue weighted by Gasteiger charge is 2.23. The number of nitrogens with one attached hydrogen (secondary N) is 2. The van der Waals surface area contributed by atoms with Gasteiger partial charge >= 0.3 is 0 Å². The number of imidazole rings is 1. The van der Waals surface area contributed by atoms with E-state index in [9.17, 15) is 14.0 Å². The summed E-state index contributed by atoms with van der Waals surface area (Å²) in [5.74, 6) is -0.125. The lowest BCUT2D eigenvalue weighted by atomic mass is 10.0. The minimum atomic E-state index is -0.474. The van der Waals surface area contributed by atoms with Crippen LogP contribution in [0, 0.1) is 11.7 Å². The summed E-state index contributed by atoms with van der Waals surface area (Å²) in [6.45, 7) is 3.93. The first-order valence-corrected chi connectivity index (χ1v) is 7.97. The van der Waals surface area contributed by atoms with E-state index in [1.54, 1.807) is 12.4 Å². The van der Waals surface area contributed by atoms with E-state index in [4.69, 9.17) is 0 Å². The van der Waals surface area contributed by atoms with Crippen LogP contribution in [0.15, 0.2) is 41.5 Å². The lowest BCUT2D eigenvalue weighted by Crippen LogP contribution is -2.34. The monoisotopic (exact) mass is 342 g/mol. The molecule has 0 fully saturated rings. The second kappa shape index (κ2) is 6.51. The topological polar surface area (TPSA) is 79.8 Å². The Hall–Kier alpha value is -2.96. The van der Waals surface area contributed by atoms with Gasteiger partial charge < -0.3 is 14.9 Å². The number of H-pyrrole nitrogens is 1. The first-order chi connectivity index (χ1) is 11.9. The van der Waals surface area contributed by atoms with E-state index in [-0.39, 0.29) is 17.5 Å². The van der Waals surface area contributed by atoms with Crippen molar-refractivity contribution in [2.45, 2.75) is 19.9 Å². The van der Waals surface area contributed by atoms with Crippen molar-refractivity contribution in [1.29, 1.82) is 0 Å². The third kappa shape index (κ3) is 3.31. The maximum Gasteiger partial charge on any atom is 0.252 e. The quantitative estimate of drug-likeness (QED) is 0.765. The Kier molecular flexibility index (Phi) is 4.39. The molecule has 0 saturated carbocycles. The van der Waals surface area contributed by atoms with Gasteiger partial charge in [-0.05, 0) is 24.1 Å². The number of hydrogen-bond acceptors (Lipinski definition) is 3. The van der Waals surface area contributed by atoms with E-state index in [0.717, 1.165) is 0 Å². The predicted molar refractivity (Wildman–Crippen MR) is 92.8 cm³/mol. The molecule has 0 aliphatic heterocycles. The van der Waals surface area contributed by atoms with E-state index in [1.165, 1.54) is 24.3 Å². The summed E-state index contributed by atoms with van der Waals surface area (Å²) < 4.78 is 15.4. The summed E-state index contributed by atoms with van der Waals surface area (Å²) in [6, 6.07) is 4.78. The molecule has 0 spiro atoms. The lowest BCUT2D eigenvalue weighted by Gasteiger charge is -2.22. The number of aromatic nitrogens is 3. The molecule has 0 unspecified atom stereocenters. The van der Waals surface area contributed by atoms with Crippen molar-refractivity contribution in [3.05, 3.63) is 64.2 Å². The molecule has 0 saturated heterocycles. The van der Waals surface area contributed by atoms with Gasteiger partial charge in [-0.3, -0.25) is 9.59 Å². The van der Waals surface area contributed by atoms with Crippen molar-refractivity contribution >= 4 is 16.8 Å². The highest BCUT2D eigenvalue weighted by atomic mass is 19.1. The molecule has 0 bridgehead atoms. The van der Waals surface area contributed by atoms with Crippen LogP contribution in [0.1, 0.15) is 36.1 Å². The molecule has 25 heavy (non-hydrogen) atoms. The standard InChI is InChI=1S/C18H19FN4O2/c1-10(2)16(17-20-6-7-23(17)3)22-18(25)13-9-15(24)21-14-5-4-11(19)8-12(13)14/h4-10,16H,1-3H3,(H,21,24)(H,22,25)/t16-/m0/s1. The molecular weight excluding hydrogens is 323 g/mol. The molecule has 1 amide bonds. The van der Waals surface area contributed by atoms with Gasteiger partial charge in [-0.1, -0.05) is 13.8 Å². The van der Waals surface area contributed by atoms with E-state index >= 15 is 0 Å². The van der Waals surface area contributed by atoms with Crippen LogP contribution in [0.5, 0.6) is 0 Å². The zero-order valence-electron chi connectivity index (χ0n) is 14.2. The van der Waals surface area contributed by atoms with Gasteiger partial charge in [-0.15, -0.1) is 0 Å². The summed E-state index contributed by atoms with van der Waals surface area (Å²) >= 11 is 0. The van der Waals surface area contributed by atoms with Gasteiger partial charge in [0.05, 0.1) is 11.6 Å². The van der Waals surface area contributed by atoms with Crippen LogP contribution in [0.2, 0.25) is 0 Å². The number of aryl methyl sites for hydroxylation is 1. The maximum atomic E-state index is 13.6. The van der Waals surface area contributed by atoms with E-state index < -0.39 is 17.3 Å². The highest BCUT2D eigenvalue weighted by molar-refractivity contribution is 6.06. The Labute approximate surface area is 143 Å². The fraction of sp³-hybridized carbons (Fsp3) is 0.278. The average Bonchev–Trinajstić information content (AvgIpc) is 2.97. The van der Waals surface area contributed by atoms with Gasteiger partial charge in [0, 0.05) is 36.4 Å². The Morgan fingerprint density at radius 2 is 2.08 bits per heavy atom. The molecule has 2 N–H and O–H groups in total. The molecule has 130 valence electrons. The number of rotatable bonds is 4. The van der Waals surface area contributed by atoms with Crippen LogP contribution >= 0.6 is 0 Å². The van der Waals surface area contributed by atoms with E-state index in [2.05, 4.69) is 15.3 Å². The van der Waals surface area contributed by atoms with Crippen molar-refractivity contribution in [1.82, 2.24) is 19.9 Å². The largest absolute Gasteiger partial charge is 0.342 e. The molecule has 2 heterocycles. The molecule has 0 aliphatic carbocycles.